The van der Waals surface area contributed by atoms with Gasteiger partial charge in [0.15, 0.2) is 5.03 Å². The third-order valence-electron chi connectivity index (χ3n) is 3.32. The van der Waals surface area contributed by atoms with Crippen molar-refractivity contribution >= 4 is 22.4 Å². The molecule has 1 aromatic heterocycles. The van der Waals surface area contributed by atoms with Crippen molar-refractivity contribution < 1.29 is 8.42 Å². The van der Waals surface area contributed by atoms with Crippen LogP contribution in [-0.4, -0.2) is 37.6 Å². The first kappa shape index (κ1) is 16.4. The van der Waals surface area contributed by atoms with Crippen molar-refractivity contribution in [1.29, 1.82) is 0 Å². The third kappa shape index (κ3) is 4.17. The van der Waals surface area contributed by atoms with E-state index in [-0.39, 0.29) is 17.4 Å². The Labute approximate surface area is 120 Å². The number of nitrogens with zero attached hydrogens (tertiary/aromatic N) is 2. The molecular formula is C11H21ClN4O2S. The molecule has 1 unspecified atom stereocenters. The van der Waals surface area contributed by atoms with Crippen LogP contribution in [0.5, 0.6) is 0 Å². The zero-order chi connectivity index (χ0) is 13.2. The van der Waals surface area contributed by atoms with Crippen molar-refractivity contribution in [3.05, 3.63) is 12.0 Å². The summed E-state index contributed by atoms with van der Waals surface area (Å²) in [4.78, 5) is 4.04. The van der Waals surface area contributed by atoms with Crippen LogP contribution in [0.25, 0.3) is 0 Å². The van der Waals surface area contributed by atoms with Gasteiger partial charge in [-0.1, -0.05) is 0 Å². The van der Waals surface area contributed by atoms with E-state index in [1.807, 2.05) is 0 Å². The second-order valence-corrected chi connectivity index (χ2v) is 6.52. The molecule has 2 rings (SSSR count). The third-order valence-corrected chi connectivity index (χ3v) is 4.62. The number of aryl methyl sites for hydroxylation is 2. The highest BCUT2D eigenvalue weighted by Crippen LogP contribution is 2.11. The van der Waals surface area contributed by atoms with Crippen LogP contribution < -0.4 is 10.0 Å². The van der Waals surface area contributed by atoms with Crippen LogP contribution in [0.1, 0.15) is 18.7 Å². The fraction of sp³-hybridized carbons (Fsp3) is 0.727. The maximum absolute atomic E-state index is 12.0. The van der Waals surface area contributed by atoms with E-state index in [1.54, 1.807) is 18.5 Å². The van der Waals surface area contributed by atoms with E-state index in [2.05, 4.69) is 15.0 Å². The van der Waals surface area contributed by atoms with E-state index in [4.69, 9.17) is 0 Å². The minimum absolute atomic E-state index is 0. The van der Waals surface area contributed by atoms with Gasteiger partial charge in [-0.15, -0.1) is 12.4 Å². The summed E-state index contributed by atoms with van der Waals surface area (Å²) < 4.78 is 28.4. The Morgan fingerprint density at radius 1 is 1.58 bits per heavy atom. The van der Waals surface area contributed by atoms with Crippen molar-refractivity contribution in [3.8, 4) is 0 Å². The molecule has 1 saturated heterocycles. The molecule has 1 fully saturated rings. The van der Waals surface area contributed by atoms with E-state index in [9.17, 15) is 8.42 Å². The van der Waals surface area contributed by atoms with Crippen LogP contribution in [0.15, 0.2) is 11.2 Å². The molecule has 2 heterocycles. The van der Waals surface area contributed by atoms with Crippen LogP contribution in [0.3, 0.4) is 0 Å². The number of hydrogen-bond donors (Lipinski definition) is 2. The molecule has 0 saturated carbocycles. The lowest BCUT2D eigenvalue weighted by molar-refractivity contribution is 0.375. The highest BCUT2D eigenvalue weighted by atomic mass is 35.5. The van der Waals surface area contributed by atoms with Gasteiger partial charge in [0.25, 0.3) is 10.0 Å². The van der Waals surface area contributed by atoms with E-state index in [0.29, 0.717) is 18.3 Å². The van der Waals surface area contributed by atoms with Gasteiger partial charge in [0.1, 0.15) is 5.82 Å². The standard InChI is InChI=1S/C11H20N4O2S.ClH/c1-9-14-11(8-15(9)2)18(16,17)13-7-10-4-3-5-12-6-10;/h8,10,12-13H,3-7H2,1-2H3;1H. The summed E-state index contributed by atoms with van der Waals surface area (Å²) in [6.07, 6.45) is 3.71. The molecule has 19 heavy (non-hydrogen) atoms. The molecule has 0 spiro atoms. The Balaban J connectivity index is 0.00000180. The molecule has 1 atom stereocenters. The van der Waals surface area contributed by atoms with Gasteiger partial charge in [-0.3, -0.25) is 0 Å². The van der Waals surface area contributed by atoms with Gasteiger partial charge >= 0.3 is 0 Å². The second kappa shape index (κ2) is 6.69. The number of halogens is 1. The number of hydrogen-bond acceptors (Lipinski definition) is 4. The number of imidazole rings is 1. The molecule has 1 aliphatic heterocycles. The summed E-state index contributed by atoms with van der Waals surface area (Å²) in [6.45, 7) is 4.17. The fourth-order valence-corrected chi connectivity index (χ4v) is 3.21. The van der Waals surface area contributed by atoms with Crippen molar-refractivity contribution in [3.63, 3.8) is 0 Å². The number of piperidine rings is 1. The lowest BCUT2D eigenvalue weighted by atomic mass is 10.0. The van der Waals surface area contributed by atoms with Crippen molar-refractivity contribution in [2.24, 2.45) is 13.0 Å². The maximum Gasteiger partial charge on any atom is 0.259 e. The van der Waals surface area contributed by atoms with Gasteiger partial charge in [0.2, 0.25) is 0 Å². The summed E-state index contributed by atoms with van der Waals surface area (Å²) in [7, 11) is -1.69. The summed E-state index contributed by atoms with van der Waals surface area (Å²) in [5, 5.41) is 3.37. The van der Waals surface area contributed by atoms with Crippen LogP contribution in [0.2, 0.25) is 0 Å². The fourth-order valence-electron chi connectivity index (χ4n) is 2.06. The predicted molar refractivity (Wildman–Crippen MR) is 76.0 cm³/mol. The Morgan fingerprint density at radius 3 is 2.84 bits per heavy atom. The predicted octanol–water partition coefficient (Wildman–Crippen LogP) is 0.428. The molecule has 8 heteroatoms. The van der Waals surface area contributed by atoms with Crippen molar-refractivity contribution in [2.45, 2.75) is 24.8 Å². The molecule has 1 aliphatic rings. The van der Waals surface area contributed by atoms with E-state index in [1.165, 1.54) is 6.20 Å². The summed E-state index contributed by atoms with van der Waals surface area (Å²) >= 11 is 0. The Bertz CT molecular complexity index is 489. The summed E-state index contributed by atoms with van der Waals surface area (Å²) in [6, 6.07) is 0. The molecule has 6 nitrogen and oxygen atoms in total. The zero-order valence-corrected chi connectivity index (χ0v) is 12.9. The number of nitrogens with one attached hydrogen (secondary N) is 2. The Morgan fingerprint density at radius 2 is 2.32 bits per heavy atom. The van der Waals surface area contributed by atoms with E-state index in [0.717, 1.165) is 25.9 Å². The first-order valence-corrected chi connectivity index (χ1v) is 7.68. The molecule has 0 amide bonds. The smallest absolute Gasteiger partial charge is 0.259 e. The summed E-state index contributed by atoms with van der Waals surface area (Å²) in [5.74, 6) is 1.06. The van der Waals surface area contributed by atoms with Gasteiger partial charge in [0, 0.05) is 19.8 Å². The molecule has 1 aromatic rings. The molecular weight excluding hydrogens is 288 g/mol. The zero-order valence-electron chi connectivity index (χ0n) is 11.2. The molecule has 0 aliphatic carbocycles. The molecule has 0 radical (unpaired) electrons. The highest BCUT2D eigenvalue weighted by molar-refractivity contribution is 7.89. The average molecular weight is 309 g/mol. The lowest BCUT2D eigenvalue weighted by Gasteiger charge is -2.22. The minimum atomic E-state index is -3.47. The van der Waals surface area contributed by atoms with E-state index < -0.39 is 10.0 Å². The molecule has 0 bridgehead atoms. The van der Waals surface area contributed by atoms with E-state index >= 15 is 0 Å². The first-order valence-electron chi connectivity index (χ1n) is 6.19. The normalized spacial score (nSPS) is 20.0. The van der Waals surface area contributed by atoms with Gasteiger partial charge in [-0.25, -0.2) is 18.1 Å². The minimum Gasteiger partial charge on any atom is -0.337 e. The van der Waals surface area contributed by atoms with Gasteiger partial charge in [-0.2, -0.15) is 0 Å². The number of rotatable bonds is 4. The monoisotopic (exact) mass is 308 g/mol. The van der Waals surface area contributed by atoms with Crippen LogP contribution in [0.4, 0.5) is 0 Å². The van der Waals surface area contributed by atoms with Crippen molar-refractivity contribution in [1.82, 2.24) is 19.6 Å². The molecule has 2 N–H and O–H groups in total. The molecule has 110 valence electrons. The topological polar surface area (TPSA) is 76.0 Å². The maximum atomic E-state index is 12.0. The quantitative estimate of drug-likeness (QED) is 0.846. The first-order chi connectivity index (χ1) is 8.49. The number of aromatic nitrogens is 2. The van der Waals surface area contributed by atoms with Crippen LogP contribution in [-0.2, 0) is 17.1 Å². The van der Waals surface area contributed by atoms with Crippen LogP contribution >= 0.6 is 12.4 Å². The number of sulfonamides is 1. The highest BCUT2D eigenvalue weighted by Gasteiger charge is 2.21. The largest absolute Gasteiger partial charge is 0.337 e. The van der Waals surface area contributed by atoms with Crippen molar-refractivity contribution in [2.75, 3.05) is 19.6 Å². The summed E-state index contributed by atoms with van der Waals surface area (Å²) in [5.41, 5.74) is 0. The Hall–Kier alpha value is -0.630. The SMILES string of the molecule is Cc1nc(S(=O)(=O)NCC2CCCNC2)cn1C.Cl. The lowest BCUT2D eigenvalue weighted by Crippen LogP contribution is -2.38. The molecule has 0 aromatic carbocycles. The Kier molecular flexibility index (Phi) is 5.79. The van der Waals surface area contributed by atoms with Gasteiger partial charge in [-0.05, 0) is 38.8 Å². The average Bonchev–Trinajstić information content (AvgIpc) is 2.70. The van der Waals surface area contributed by atoms with Gasteiger partial charge in [0.05, 0.1) is 0 Å². The second-order valence-electron chi connectivity index (χ2n) is 4.80. The van der Waals surface area contributed by atoms with Gasteiger partial charge < -0.3 is 9.88 Å². The van der Waals surface area contributed by atoms with Crippen LogP contribution in [0, 0.1) is 12.8 Å².